The van der Waals surface area contributed by atoms with Gasteiger partial charge in [0.05, 0.1) is 22.4 Å². The molecule has 380 valence electrons. The third kappa shape index (κ3) is 7.85. The van der Waals surface area contributed by atoms with E-state index >= 15 is 0 Å². The zero-order chi connectivity index (χ0) is 53.5. The van der Waals surface area contributed by atoms with Gasteiger partial charge in [0.1, 0.15) is 23.0 Å². The number of rotatable bonds is 8. The molecule has 0 amide bonds. The van der Waals surface area contributed by atoms with Crippen molar-refractivity contribution in [3.05, 3.63) is 273 Å². The van der Waals surface area contributed by atoms with Gasteiger partial charge in [-0.15, -0.1) is 0 Å². The molecule has 0 radical (unpaired) electrons. The molecule has 0 bridgehead atoms. The highest BCUT2D eigenvalue weighted by Gasteiger charge is 2.47. The van der Waals surface area contributed by atoms with Gasteiger partial charge in [0, 0.05) is 66.5 Å². The minimum absolute atomic E-state index is 0.154. The van der Waals surface area contributed by atoms with Crippen LogP contribution in [-0.4, -0.2) is 6.71 Å². The molecule has 4 aliphatic heterocycles. The molecule has 9 heteroatoms. The van der Waals surface area contributed by atoms with Gasteiger partial charge in [0.15, 0.2) is 0 Å². The van der Waals surface area contributed by atoms with Crippen LogP contribution in [0, 0.1) is 0 Å². The Hall–Kier alpha value is -9.14. The number of nitrogens with zero attached hydrogens (tertiary/aromatic N) is 3. The van der Waals surface area contributed by atoms with E-state index in [0.29, 0.717) is 0 Å². The SMILES string of the molecule is PP=Nc1cc2c3c(c1)N(c1ccccc1-c1ccccc1)c1cc4c(cc1B3c1ccccc1N2c1ccccc1-c1ccccc1)P1c2ccccc2Oc2cc(-c3ccc(-c5ccccc5)cc3-c3ccccc3)cc(c21)O4. The fraction of sp³-hybridized carbons (Fsp3) is 0. The van der Waals surface area contributed by atoms with Crippen molar-refractivity contribution in [2.45, 2.75) is 0 Å². The van der Waals surface area contributed by atoms with Gasteiger partial charge >= 0.3 is 0 Å². The van der Waals surface area contributed by atoms with Gasteiger partial charge < -0.3 is 19.3 Å². The second-order valence-corrected chi connectivity index (χ2v) is 23.9. The van der Waals surface area contributed by atoms with Crippen molar-refractivity contribution < 1.29 is 9.47 Å². The van der Waals surface area contributed by atoms with Crippen LogP contribution in [0.3, 0.4) is 0 Å². The molecule has 0 saturated carbocycles. The molecule has 2 unspecified atom stereocenters. The molecule has 4 aliphatic rings. The summed E-state index contributed by atoms with van der Waals surface area (Å²) in [6.45, 7) is -0.154. The Bertz CT molecular complexity index is 4520. The van der Waals surface area contributed by atoms with Crippen molar-refractivity contribution in [3.63, 3.8) is 0 Å². The lowest BCUT2D eigenvalue weighted by atomic mass is 9.33. The van der Waals surface area contributed by atoms with Crippen molar-refractivity contribution in [3.8, 4) is 78.6 Å². The molecule has 4 heterocycles. The second kappa shape index (κ2) is 19.6. The Balaban J connectivity index is 0.955. The number of anilines is 6. The molecule has 0 fully saturated rings. The molecule has 5 nitrogen and oxygen atoms in total. The number of hydrogen-bond acceptors (Lipinski definition) is 5. The zero-order valence-electron chi connectivity index (χ0n) is 43.7. The number of benzene rings is 12. The topological polar surface area (TPSA) is 37.3 Å². The van der Waals surface area contributed by atoms with Crippen LogP contribution in [0.5, 0.6) is 23.0 Å². The van der Waals surface area contributed by atoms with E-state index in [2.05, 4.69) is 292 Å². The fourth-order valence-electron chi connectivity index (χ4n) is 12.8. The van der Waals surface area contributed by atoms with Crippen molar-refractivity contribution in [2.75, 3.05) is 9.80 Å². The number of fused-ring (bicyclic) bond motifs is 8. The Morgan fingerprint density at radius 2 is 0.864 bits per heavy atom. The maximum atomic E-state index is 7.54. The second-order valence-electron chi connectivity index (χ2n) is 20.7. The van der Waals surface area contributed by atoms with E-state index in [-0.39, 0.29) is 6.71 Å². The lowest BCUT2D eigenvalue weighted by Crippen LogP contribution is -2.62. The number of para-hydroxylation sites is 4. The average Bonchev–Trinajstić information content (AvgIpc) is 3.56. The van der Waals surface area contributed by atoms with E-state index in [1.54, 1.807) is 0 Å². The molecule has 2 atom stereocenters. The fourth-order valence-corrected chi connectivity index (χ4v) is 16.0. The Morgan fingerprint density at radius 1 is 0.346 bits per heavy atom. The predicted molar refractivity (Wildman–Crippen MR) is 345 cm³/mol. The standard InChI is InChI=1S/C72H47BN3O2P3/c79-80-74-52-42-63-71-64(43-52)76(60-33-17-14-30-55(60)48-25-9-3-10-26-48)62-45-66-70(44-58(62)73(71)57-31-15-18-34-61(57)75(63)59-32-16-13-29-54(59)47-23-7-2-8-24-47)81-69-36-20-19-35-65(69)77-67-40-51(41-68(78-66)72(67)81)53-38-37-50(46-21-5-1-6-22-46)39-56(53)49-27-11-4-12-28-49/h1-45H,79H2. The third-order valence-electron chi connectivity index (χ3n) is 16.2. The summed E-state index contributed by atoms with van der Waals surface area (Å²) in [6, 6.07) is 99.0. The summed E-state index contributed by atoms with van der Waals surface area (Å²) in [5.74, 6) is 3.35. The van der Waals surface area contributed by atoms with Crippen LogP contribution < -0.4 is 51.6 Å². The van der Waals surface area contributed by atoms with E-state index in [1.807, 2.05) is 0 Å². The number of hydrogen-bond donors (Lipinski definition) is 0. The van der Waals surface area contributed by atoms with Crippen molar-refractivity contribution >= 4 is 104 Å². The average molecular weight is 1090 g/mol. The van der Waals surface area contributed by atoms with Crippen LogP contribution in [0.25, 0.3) is 55.6 Å². The Labute approximate surface area is 476 Å². The van der Waals surface area contributed by atoms with Gasteiger partial charge in [-0.05, 0) is 115 Å². The molecule has 16 rings (SSSR count). The van der Waals surface area contributed by atoms with Gasteiger partial charge in [0.25, 0.3) is 6.71 Å². The molecular formula is C72H47BN3O2P3. The predicted octanol–water partition coefficient (Wildman–Crippen LogP) is 17.6. The van der Waals surface area contributed by atoms with E-state index in [1.165, 1.54) is 32.6 Å². The van der Waals surface area contributed by atoms with Crippen LogP contribution in [0.4, 0.5) is 39.8 Å². The quantitative estimate of drug-likeness (QED) is 0.112. The van der Waals surface area contributed by atoms with Crippen molar-refractivity contribution in [1.82, 2.24) is 0 Å². The molecule has 0 saturated heterocycles. The molecule has 12 aromatic rings. The smallest absolute Gasteiger partial charge is 0.252 e. The van der Waals surface area contributed by atoms with E-state index in [0.717, 1.165) is 126 Å². The Morgan fingerprint density at radius 3 is 1.49 bits per heavy atom. The largest absolute Gasteiger partial charge is 0.456 e. The maximum absolute atomic E-state index is 7.54. The lowest BCUT2D eigenvalue weighted by Gasteiger charge is -2.45. The summed E-state index contributed by atoms with van der Waals surface area (Å²) in [5, 5.41) is 3.44. The van der Waals surface area contributed by atoms with Gasteiger partial charge in [-0.3, -0.25) is 0 Å². The summed E-state index contributed by atoms with van der Waals surface area (Å²) in [6.07, 6.45) is 0. The minimum Gasteiger partial charge on any atom is -0.456 e. The van der Waals surface area contributed by atoms with Gasteiger partial charge in [-0.2, -0.15) is 0 Å². The summed E-state index contributed by atoms with van der Waals surface area (Å²) in [5.41, 5.74) is 22.4. The summed E-state index contributed by atoms with van der Waals surface area (Å²) in [7, 11) is 2.47. The van der Waals surface area contributed by atoms with Gasteiger partial charge in [0.2, 0.25) is 0 Å². The van der Waals surface area contributed by atoms with E-state index < -0.39 is 7.92 Å². The number of ether oxygens (including phenoxy) is 2. The van der Waals surface area contributed by atoms with Crippen LogP contribution in [-0.2, 0) is 0 Å². The monoisotopic (exact) mass is 1090 g/mol. The molecule has 0 aliphatic carbocycles. The summed E-state index contributed by atoms with van der Waals surface area (Å²) in [4.78, 5) is 5.00. The summed E-state index contributed by atoms with van der Waals surface area (Å²) < 4.78 is 19.8. The molecule has 12 aromatic carbocycles. The maximum Gasteiger partial charge on any atom is 0.252 e. The normalized spacial score (nSPS) is 13.9. The highest BCUT2D eigenvalue weighted by Crippen LogP contribution is 2.57. The van der Waals surface area contributed by atoms with Gasteiger partial charge in [-0.25, -0.2) is 4.74 Å². The Kier molecular flexibility index (Phi) is 11.6. The van der Waals surface area contributed by atoms with E-state index in [9.17, 15) is 0 Å². The first-order valence-corrected chi connectivity index (χ1v) is 31.1. The molecule has 0 N–H and O–H groups in total. The van der Waals surface area contributed by atoms with Crippen molar-refractivity contribution in [2.24, 2.45) is 4.74 Å². The van der Waals surface area contributed by atoms with Crippen LogP contribution >= 0.6 is 24.9 Å². The third-order valence-corrected chi connectivity index (χ3v) is 19.5. The van der Waals surface area contributed by atoms with Crippen LogP contribution in [0.2, 0.25) is 0 Å². The zero-order valence-corrected chi connectivity index (χ0v) is 46.6. The van der Waals surface area contributed by atoms with E-state index in [4.69, 9.17) is 14.2 Å². The van der Waals surface area contributed by atoms with Crippen molar-refractivity contribution in [1.29, 1.82) is 0 Å². The van der Waals surface area contributed by atoms with Crippen LogP contribution in [0.1, 0.15) is 0 Å². The lowest BCUT2D eigenvalue weighted by molar-refractivity contribution is 0.467. The molecular weight excluding hydrogens is 1040 g/mol. The van der Waals surface area contributed by atoms with Crippen LogP contribution in [0.15, 0.2) is 278 Å². The first-order valence-electron chi connectivity index (χ1n) is 27.3. The first kappa shape index (κ1) is 47.8. The molecule has 0 aromatic heterocycles. The highest BCUT2D eigenvalue weighted by molar-refractivity contribution is 7.97. The summed E-state index contributed by atoms with van der Waals surface area (Å²) >= 11 is 0. The molecule has 81 heavy (non-hydrogen) atoms. The van der Waals surface area contributed by atoms with Gasteiger partial charge in [-0.1, -0.05) is 221 Å². The minimum atomic E-state index is -1.18. The molecule has 0 spiro atoms. The highest BCUT2D eigenvalue weighted by atomic mass is 32.0. The first-order chi connectivity index (χ1) is 40.1.